The lowest BCUT2D eigenvalue weighted by atomic mass is 10.3. The number of methoxy groups -OCH3 is 1. The molecule has 0 aromatic heterocycles. The summed E-state index contributed by atoms with van der Waals surface area (Å²) in [5.74, 6) is 0. The predicted molar refractivity (Wildman–Crippen MR) is 86.1 cm³/mol. The van der Waals surface area contributed by atoms with Crippen molar-refractivity contribution in [2.75, 3.05) is 13.7 Å². The molecule has 2 N–H and O–H groups in total. The summed E-state index contributed by atoms with van der Waals surface area (Å²) in [4.78, 5) is 0. The summed E-state index contributed by atoms with van der Waals surface area (Å²) in [6.07, 6.45) is 3.13. The zero-order chi connectivity index (χ0) is 16.6. The van der Waals surface area contributed by atoms with Crippen LogP contribution < -0.4 is 0 Å². The number of hydrogen-bond donors (Lipinski definition) is 2. The molecule has 4 atom stereocenters. The lowest BCUT2D eigenvalue weighted by Crippen LogP contribution is -2.18. The smallest absolute Gasteiger partial charge is 0.0776 e. The third kappa shape index (κ3) is 30.7. The maximum atomic E-state index is 8.36. The molecular formula is C16H38O4. The second-order valence-electron chi connectivity index (χ2n) is 5.11. The number of ether oxygens (including phenoxy) is 2. The van der Waals surface area contributed by atoms with E-state index in [0.717, 1.165) is 19.3 Å². The highest BCUT2D eigenvalue weighted by atomic mass is 16.5. The molecule has 0 aromatic rings. The molecule has 4 nitrogen and oxygen atoms in total. The Balaban J connectivity index is -0.000000244. The first-order chi connectivity index (χ1) is 9.24. The maximum absolute atomic E-state index is 8.36. The van der Waals surface area contributed by atoms with Crippen molar-refractivity contribution in [2.24, 2.45) is 0 Å². The van der Waals surface area contributed by atoms with E-state index >= 15 is 0 Å². The number of rotatable bonds is 7. The normalized spacial score (nSPS) is 15.9. The topological polar surface area (TPSA) is 58.9 Å². The monoisotopic (exact) mass is 294 g/mol. The first-order valence-corrected chi connectivity index (χ1v) is 7.75. The molecule has 0 aromatic carbocycles. The Morgan fingerprint density at radius 1 is 0.750 bits per heavy atom. The Morgan fingerprint density at radius 3 is 1.30 bits per heavy atom. The Bertz CT molecular complexity index is 143. The Kier molecular flexibility index (Phi) is 23.4. The number of hydrogen-bond acceptors (Lipinski definition) is 4. The van der Waals surface area contributed by atoms with Crippen molar-refractivity contribution in [3.05, 3.63) is 0 Å². The average molecular weight is 294 g/mol. The van der Waals surface area contributed by atoms with E-state index in [2.05, 4.69) is 13.8 Å². The highest BCUT2D eigenvalue weighted by molar-refractivity contribution is 4.49. The van der Waals surface area contributed by atoms with Crippen LogP contribution in [-0.2, 0) is 9.47 Å². The number of aliphatic hydroxyl groups is 2. The molecule has 0 radical (unpaired) electrons. The van der Waals surface area contributed by atoms with Gasteiger partial charge >= 0.3 is 0 Å². The summed E-state index contributed by atoms with van der Waals surface area (Å²) < 4.78 is 10.4. The van der Waals surface area contributed by atoms with Crippen LogP contribution in [0.3, 0.4) is 0 Å². The second kappa shape index (κ2) is 18.8. The molecule has 0 heterocycles. The Hall–Kier alpha value is -0.160. The second-order valence-corrected chi connectivity index (χ2v) is 5.11. The van der Waals surface area contributed by atoms with Gasteiger partial charge in [0, 0.05) is 7.11 Å². The van der Waals surface area contributed by atoms with Crippen LogP contribution in [0.15, 0.2) is 0 Å². The fraction of sp³-hybridized carbons (Fsp3) is 1.00. The van der Waals surface area contributed by atoms with E-state index in [1.54, 1.807) is 21.0 Å². The quantitative estimate of drug-likeness (QED) is 0.755. The molecule has 0 amide bonds. The summed E-state index contributed by atoms with van der Waals surface area (Å²) in [6, 6.07) is 0. The third-order valence-corrected chi connectivity index (χ3v) is 2.77. The fourth-order valence-corrected chi connectivity index (χ4v) is 0.486. The molecule has 0 bridgehead atoms. The van der Waals surface area contributed by atoms with Crippen LogP contribution in [0.25, 0.3) is 0 Å². The molecule has 0 spiro atoms. The zero-order valence-electron chi connectivity index (χ0n) is 14.8. The minimum Gasteiger partial charge on any atom is -0.393 e. The summed E-state index contributed by atoms with van der Waals surface area (Å²) in [7, 11) is 1.70. The fourth-order valence-electron chi connectivity index (χ4n) is 0.486. The van der Waals surface area contributed by atoms with E-state index < -0.39 is 0 Å². The van der Waals surface area contributed by atoms with Crippen molar-refractivity contribution in [3.8, 4) is 0 Å². The molecule has 0 aliphatic rings. The van der Waals surface area contributed by atoms with Crippen LogP contribution in [0.2, 0.25) is 0 Å². The molecule has 0 fully saturated rings. The lowest BCUT2D eigenvalue weighted by Gasteiger charge is -2.14. The van der Waals surface area contributed by atoms with Crippen molar-refractivity contribution in [2.45, 2.75) is 92.1 Å². The van der Waals surface area contributed by atoms with Gasteiger partial charge in [0.25, 0.3) is 0 Å². The van der Waals surface area contributed by atoms with E-state index in [-0.39, 0.29) is 18.3 Å². The molecule has 126 valence electrons. The summed E-state index contributed by atoms with van der Waals surface area (Å²) >= 11 is 0. The van der Waals surface area contributed by atoms with E-state index in [9.17, 15) is 0 Å². The molecule has 0 rings (SSSR count). The van der Waals surface area contributed by atoms with E-state index in [1.165, 1.54) is 0 Å². The van der Waals surface area contributed by atoms with Crippen LogP contribution in [0, 0.1) is 0 Å². The van der Waals surface area contributed by atoms with Crippen LogP contribution >= 0.6 is 0 Å². The minimum atomic E-state index is -0.116. The molecule has 0 aliphatic carbocycles. The molecule has 0 aliphatic heterocycles. The van der Waals surface area contributed by atoms with Gasteiger partial charge < -0.3 is 19.7 Å². The Labute approximate surface area is 126 Å². The largest absolute Gasteiger partial charge is 0.393 e. The highest BCUT2D eigenvalue weighted by Crippen LogP contribution is 1.98. The lowest BCUT2D eigenvalue weighted by molar-refractivity contribution is -0.0141. The molecule has 0 saturated carbocycles. The molecule has 0 unspecified atom stereocenters. The summed E-state index contributed by atoms with van der Waals surface area (Å²) in [5.41, 5.74) is 0. The van der Waals surface area contributed by atoms with E-state index in [0.29, 0.717) is 12.7 Å². The van der Waals surface area contributed by atoms with Crippen LogP contribution in [-0.4, -0.2) is 48.3 Å². The molecule has 0 saturated heterocycles. The van der Waals surface area contributed by atoms with Crippen molar-refractivity contribution < 1.29 is 19.7 Å². The van der Waals surface area contributed by atoms with Crippen molar-refractivity contribution in [1.82, 2.24) is 0 Å². The predicted octanol–water partition coefficient (Wildman–Crippen LogP) is 3.39. The highest BCUT2D eigenvalue weighted by Gasteiger charge is 2.02. The van der Waals surface area contributed by atoms with Crippen LogP contribution in [0.1, 0.15) is 67.7 Å². The van der Waals surface area contributed by atoms with Gasteiger partial charge in [-0.1, -0.05) is 20.8 Å². The van der Waals surface area contributed by atoms with Gasteiger partial charge in [-0.15, -0.1) is 0 Å². The first-order valence-electron chi connectivity index (χ1n) is 7.75. The van der Waals surface area contributed by atoms with Crippen LogP contribution in [0.5, 0.6) is 0 Å². The van der Waals surface area contributed by atoms with Gasteiger partial charge in [0.15, 0.2) is 0 Å². The van der Waals surface area contributed by atoms with Gasteiger partial charge in [0.2, 0.25) is 0 Å². The molecule has 4 heteroatoms. The standard InChI is InChI=1S/C8H18O2.2C4H10O/c1-5-7(2)10-6-8(3)9-4;2*1-3-4(2)5/h7-8H,5-6H2,1-4H3;2*4-5H,3H2,1-2H3/t7-,8+;2*4-/m010/s1. The summed E-state index contributed by atoms with van der Waals surface area (Å²) in [5, 5.41) is 16.7. The van der Waals surface area contributed by atoms with Gasteiger partial charge in [-0.25, -0.2) is 0 Å². The SMILES string of the molecule is CC[C@@H](C)O.CC[C@H](C)O.CC[C@H](C)OC[C@@H](C)OC. The molecule has 20 heavy (non-hydrogen) atoms. The van der Waals surface area contributed by atoms with Gasteiger partial charge in [0.05, 0.1) is 31.0 Å². The zero-order valence-corrected chi connectivity index (χ0v) is 14.8. The number of aliphatic hydroxyl groups excluding tert-OH is 2. The van der Waals surface area contributed by atoms with Crippen molar-refractivity contribution in [3.63, 3.8) is 0 Å². The average Bonchev–Trinajstić information content (AvgIpc) is 2.45. The first kappa shape index (κ1) is 24.8. The summed E-state index contributed by atoms with van der Waals surface area (Å²) in [6.45, 7) is 14.3. The minimum absolute atomic E-state index is 0.116. The van der Waals surface area contributed by atoms with Crippen molar-refractivity contribution in [1.29, 1.82) is 0 Å². The maximum Gasteiger partial charge on any atom is 0.0776 e. The third-order valence-electron chi connectivity index (χ3n) is 2.77. The van der Waals surface area contributed by atoms with Gasteiger partial charge in [-0.2, -0.15) is 0 Å². The van der Waals surface area contributed by atoms with E-state index in [1.807, 2.05) is 20.8 Å². The van der Waals surface area contributed by atoms with Crippen molar-refractivity contribution >= 4 is 0 Å². The van der Waals surface area contributed by atoms with Gasteiger partial charge in [-0.3, -0.25) is 0 Å². The van der Waals surface area contributed by atoms with Gasteiger partial charge in [0.1, 0.15) is 0 Å². The van der Waals surface area contributed by atoms with E-state index in [4.69, 9.17) is 19.7 Å². The van der Waals surface area contributed by atoms with Gasteiger partial charge in [-0.05, 0) is 47.0 Å². The molecular weight excluding hydrogens is 256 g/mol. The van der Waals surface area contributed by atoms with Crippen LogP contribution in [0.4, 0.5) is 0 Å². The Morgan fingerprint density at radius 2 is 1.10 bits per heavy atom.